The molecule has 1 aromatic carbocycles. The summed E-state index contributed by atoms with van der Waals surface area (Å²) in [6.07, 6.45) is 4.63. The van der Waals surface area contributed by atoms with E-state index in [9.17, 15) is 5.11 Å². The molecule has 1 N–H and O–H groups in total. The molecule has 0 radical (unpaired) electrons. The Balaban J connectivity index is 1.92. The molecule has 2 nitrogen and oxygen atoms in total. The van der Waals surface area contributed by atoms with E-state index < -0.39 is 6.10 Å². The van der Waals surface area contributed by atoms with Gasteiger partial charge in [-0.25, -0.2) is 0 Å². The van der Waals surface area contributed by atoms with Gasteiger partial charge in [-0.15, -0.1) is 0 Å². The lowest BCUT2D eigenvalue weighted by atomic mass is 9.98. The number of aromatic nitrogens is 1. The molecule has 0 aliphatic rings. The monoisotopic (exact) mass is 255 g/mol. The maximum Gasteiger partial charge on any atom is 0.0808 e. The Kier molecular flexibility index (Phi) is 4.69. The minimum absolute atomic E-state index is 0.432. The topological polar surface area (TPSA) is 33.1 Å². The number of hydrogen-bond acceptors (Lipinski definition) is 2. The number of rotatable bonds is 5. The molecule has 2 rings (SSSR count). The van der Waals surface area contributed by atoms with E-state index in [0.717, 1.165) is 18.4 Å². The van der Waals surface area contributed by atoms with Gasteiger partial charge in [0.1, 0.15) is 0 Å². The summed E-state index contributed by atoms with van der Waals surface area (Å²) in [5.74, 6) is 0.565. The van der Waals surface area contributed by atoms with Gasteiger partial charge in [0.2, 0.25) is 0 Å². The maximum atomic E-state index is 10.1. The van der Waals surface area contributed by atoms with Gasteiger partial charge in [0.25, 0.3) is 0 Å². The summed E-state index contributed by atoms with van der Waals surface area (Å²) in [5.41, 5.74) is 3.52. The van der Waals surface area contributed by atoms with Crippen LogP contribution < -0.4 is 0 Å². The first-order chi connectivity index (χ1) is 9.16. The minimum atomic E-state index is -0.432. The quantitative estimate of drug-likeness (QED) is 0.879. The summed E-state index contributed by atoms with van der Waals surface area (Å²) in [7, 11) is 0. The molecule has 2 heteroatoms. The molecular weight excluding hydrogens is 234 g/mol. The summed E-state index contributed by atoms with van der Waals surface area (Å²) in [6, 6.07) is 12.4. The number of pyridine rings is 1. The van der Waals surface area contributed by atoms with E-state index in [1.165, 1.54) is 11.1 Å². The molecule has 0 aliphatic heterocycles. The van der Waals surface area contributed by atoms with Crippen LogP contribution in [-0.4, -0.2) is 10.1 Å². The zero-order chi connectivity index (χ0) is 13.7. The molecule has 0 fully saturated rings. The van der Waals surface area contributed by atoms with Crippen LogP contribution in [0.5, 0.6) is 0 Å². The van der Waals surface area contributed by atoms with Crippen molar-refractivity contribution in [2.75, 3.05) is 0 Å². The molecule has 19 heavy (non-hydrogen) atoms. The largest absolute Gasteiger partial charge is 0.388 e. The molecule has 0 saturated heterocycles. The van der Waals surface area contributed by atoms with Crippen molar-refractivity contribution in [1.82, 2.24) is 4.98 Å². The molecule has 0 amide bonds. The first-order valence-corrected chi connectivity index (χ1v) is 6.83. The van der Waals surface area contributed by atoms with Crippen molar-refractivity contribution in [3.8, 4) is 0 Å². The fourth-order valence-corrected chi connectivity index (χ4v) is 2.11. The number of hydrogen-bond donors (Lipinski definition) is 1. The van der Waals surface area contributed by atoms with Crippen LogP contribution in [0, 0.1) is 0 Å². The van der Waals surface area contributed by atoms with E-state index in [1.807, 2.05) is 12.1 Å². The Labute approximate surface area is 115 Å². The van der Waals surface area contributed by atoms with Gasteiger partial charge in [-0.3, -0.25) is 4.98 Å². The van der Waals surface area contributed by atoms with Gasteiger partial charge in [0.15, 0.2) is 0 Å². The van der Waals surface area contributed by atoms with Crippen LogP contribution in [0.4, 0.5) is 0 Å². The zero-order valence-corrected chi connectivity index (χ0v) is 11.6. The highest BCUT2D eigenvalue weighted by Gasteiger charge is 2.07. The van der Waals surface area contributed by atoms with Crippen LogP contribution in [0.1, 0.15) is 49.0 Å². The lowest BCUT2D eigenvalue weighted by Gasteiger charge is -2.11. The number of benzene rings is 1. The normalized spacial score (nSPS) is 12.6. The summed E-state index contributed by atoms with van der Waals surface area (Å²) < 4.78 is 0. The van der Waals surface area contributed by atoms with Crippen LogP contribution >= 0.6 is 0 Å². The van der Waals surface area contributed by atoms with Gasteiger partial charge in [0.05, 0.1) is 6.10 Å². The standard InChI is InChI=1S/C17H21NO/c1-13(2)15-8-5-14(6-9-15)7-10-17(19)16-4-3-11-18-12-16/h3-6,8-9,11-13,17,19H,7,10H2,1-2H3. The zero-order valence-electron chi connectivity index (χ0n) is 11.6. The smallest absolute Gasteiger partial charge is 0.0808 e. The second-order valence-electron chi connectivity index (χ2n) is 5.24. The molecule has 1 aromatic heterocycles. The first-order valence-electron chi connectivity index (χ1n) is 6.83. The third kappa shape index (κ3) is 3.90. The van der Waals surface area contributed by atoms with Crippen LogP contribution in [0.3, 0.4) is 0 Å². The summed E-state index contributed by atoms with van der Waals surface area (Å²) in [4.78, 5) is 4.03. The molecule has 1 unspecified atom stereocenters. The van der Waals surface area contributed by atoms with E-state index >= 15 is 0 Å². The van der Waals surface area contributed by atoms with Crippen LogP contribution in [0.2, 0.25) is 0 Å². The summed E-state index contributed by atoms with van der Waals surface area (Å²) >= 11 is 0. The van der Waals surface area contributed by atoms with Crippen LogP contribution in [0.15, 0.2) is 48.8 Å². The number of aliphatic hydroxyl groups is 1. The molecule has 0 spiro atoms. The van der Waals surface area contributed by atoms with Crippen molar-refractivity contribution < 1.29 is 5.11 Å². The SMILES string of the molecule is CC(C)c1ccc(CCC(O)c2cccnc2)cc1. The van der Waals surface area contributed by atoms with Crippen LogP contribution in [0.25, 0.3) is 0 Å². The summed E-state index contributed by atoms with van der Waals surface area (Å²) in [5, 5.41) is 10.1. The lowest BCUT2D eigenvalue weighted by Crippen LogP contribution is -2.00. The Morgan fingerprint density at radius 2 is 1.79 bits per heavy atom. The van der Waals surface area contributed by atoms with Gasteiger partial charge >= 0.3 is 0 Å². The molecule has 2 aromatic rings. The van der Waals surface area contributed by atoms with Gasteiger partial charge in [-0.1, -0.05) is 44.2 Å². The molecule has 1 atom stereocenters. The second kappa shape index (κ2) is 6.48. The van der Waals surface area contributed by atoms with Crippen molar-refractivity contribution in [3.05, 3.63) is 65.5 Å². The van der Waals surface area contributed by atoms with Crippen molar-refractivity contribution in [2.24, 2.45) is 0 Å². The average Bonchev–Trinajstić information content (AvgIpc) is 2.46. The van der Waals surface area contributed by atoms with E-state index in [0.29, 0.717) is 5.92 Å². The summed E-state index contributed by atoms with van der Waals surface area (Å²) in [6.45, 7) is 4.39. The fraction of sp³-hybridized carbons (Fsp3) is 0.353. The van der Waals surface area contributed by atoms with Crippen molar-refractivity contribution in [2.45, 2.75) is 38.7 Å². The molecule has 100 valence electrons. The van der Waals surface area contributed by atoms with E-state index in [-0.39, 0.29) is 0 Å². The highest BCUT2D eigenvalue weighted by atomic mass is 16.3. The Morgan fingerprint density at radius 3 is 2.37 bits per heavy atom. The van der Waals surface area contributed by atoms with Gasteiger partial charge in [-0.05, 0) is 41.5 Å². The molecule has 0 bridgehead atoms. The minimum Gasteiger partial charge on any atom is -0.388 e. The van der Waals surface area contributed by atoms with E-state index in [4.69, 9.17) is 0 Å². The second-order valence-corrected chi connectivity index (χ2v) is 5.24. The van der Waals surface area contributed by atoms with Crippen LogP contribution in [-0.2, 0) is 6.42 Å². The Hall–Kier alpha value is -1.67. The molecule has 1 heterocycles. The number of nitrogens with zero attached hydrogens (tertiary/aromatic N) is 1. The Morgan fingerprint density at radius 1 is 1.05 bits per heavy atom. The number of aliphatic hydroxyl groups excluding tert-OH is 1. The highest BCUT2D eigenvalue weighted by molar-refractivity contribution is 5.25. The third-order valence-corrected chi connectivity index (χ3v) is 3.42. The van der Waals surface area contributed by atoms with E-state index in [1.54, 1.807) is 12.4 Å². The first kappa shape index (κ1) is 13.8. The van der Waals surface area contributed by atoms with Crippen molar-refractivity contribution >= 4 is 0 Å². The van der Waals surface area contributed by atoms with Gasteiger partial charge in [-0.2, -0.15) is 0 Å². The van der Waals surface area contributed by atoms with Gasteiger partial charge < -0.3 is 5.11 Å². The highest BCUT2D eigenvalue weighted by Crippen LogP contribution is 2.20. The van der Waals surface area contributed by atoms with Crippen molar-refractivity contribution in [3.63, 3.8) is 0 Å². The molecule has 0 saturated carbocycles. The van der Waals surface area contributed by atoms with Gasteiger partial charge in [0, 0.05) is 12.4 Å². The predicted molar refractivity (Wildman–Crippen MR) is 78.0 cm³/mol. The van der Waals surface area contributed by atoms with E-state index in [2.05, 4.69) is 43.1 Å². The third-order valence-electron chi connectivity index (χ3n) is 3.42. The maximum absolute atomic E-state index is 10.1. The fourth-order valence-electron chi connectivity index (χ4n) is 2.11. The molecular formula is C17H21NO. The Bertz CT molecular complexity index is 490. The molecule has 0 aliphatic carbocycles. The average molecular weight is 255 g/mol. The predicted octanol–water partition coefficient (Wildman–Crippen LogP) is 3.87. The number of aryl methyl sites for hydroxylation is 1. The lowest BCUT2D eigenvalue weighted by molar-refractivity contribution is 0.167. The van der Waals surface area contributed by atoms with Crippen molar-refractivity contribution in [1.29, 1.82) is 0 Å².